The topological polar surface area (TPSA) is 89.7 Å². The Bertz CT molecular complexity index is 1130. The number of amides is 1. The van der Waals surface area contributed by atoms with Gasteiger partial charge in [0.1, 0.15) is 11.6 Å². The molecule has 0 saturated carbocycles. The number of benzene rings is 2. The summed E-state index contributed by atoms with van der Waals surface area (Å²) < 4.78 is 42.8. The molecule has 4 rings (SSSR count). The highest BCUT2D eigenvalue weighted by Crippen LogP contribution is 2.31. The number of aromatic nitrogens is 2. The molecule has 0 aliphatic carbocycles. The van der Waals surface area contributed by atoms with Gasteiger partial charge in [-0.15, -0.1) is 0 Å². The van der Waals surface area contributed by atoms with E-state index in [1.807, 2.05) is 6.07 Å². The maximum absolute atomic E-state index is 13.8. The molecule has 0 atom stereocenters. The summed E-state index contributed by atoms with van der Waals surface area (Å²) in [7, 11) is 3.13. The molecule has 33 heavy (non-hydrogen) atoms. The van der Waals surface area contributed by atoms with Crippen molar-refractivity contribution in [1.29, 1.82) is 0 Å². The van der Waals surface area contributed by atoms with Crippen LogP contribution in [0.15, 0.2) is 40.9 Å². The van der Waals surface area contributed by atoms with Crippen LogP contribution in [-0.2, 0) is 11.3 Å². The zero-order chi connectivity index (χ0) is 23.4. The van der Waals surface area contributed by atoms with E-state index in [1.165, 1.54) is 6.07 Å². The number of ether oxygens (including phenoxy) is 2. The van der Waals surface area contributed by atoms with Crippen molar-refractivity contribution >= 4 is 11.6 Å². The first-order valence-corrected chi connectivity index (χ1v) is 10.5. The van der Waals surface area contributed by atoms with Crippen molar-refractivity contribution in [1.82, 2.24) is 15.0 Å². The fourth-order valence-electron chi connectivity index (χ4n) is 3.78. The molecule has 1 amide bonds. The number of hydrogen-bond donors (Lipinski definition) is 1. The zero-order valence-electron chi connectivity index (χ0n) is 18.3. The number of anilines is 1. The Morgan fingerprint density at radius 1 is 1.12 bits per heavy atom. The number of piperidine rings is 1. The highest BCUT2D eigenvalue weighted by atomic mass is 19.1. The number of nitrogens with one attached hydrogen (secondary N) is 1. The molecule has 1 saturated heterocycles. The second-order valence-corrected chi connectivity index (χ2v) is 7.75. The normalized spacial score (nSPS) is 14.8. The predicted molar refractivity (Wildman–Crippen MR) is 116 cm³/mol. The third kappa shape index (κ3) is 5.28. The summed E-state index contributed by atoms with van der Waals surface area (Å²) in [4.78, 5) is 19.1. The molecule has 2 heterocycles. The maximum atomic E-state index is 13.8. The van der Waals surface area contributed by atoms with E-state index in [4.69, 9.17) is 14.0 Å². The Morgan fingerprint density at radius 3 is 2.58 bits per heavy atom. The van der Waals surface area contributed by atoms with Crippen LogP contribution in [0.25, 0.3) is 11.4 Å². The molecule has 1 fully saturated rings. The van der Waals surface area contributed by atoms with Crippen LogP contribution in [0.3, 0.4) is 0 Å². The van der Waals surface area contributed by atoms with Crippen LogP contribution in [0.4, 0.5) is 14.5 Å². The van der Waals surface area contributed by atoms with E-state index in [1.54, 1.807) is 26.4 Å². The number of carbonyl (C=O) groups excluding carboxylic acids is 1. The molecule has 3 aromatic rings. The summed E-state index contributed by atoms with van der Waals surface area (Å²) in [6.07, 6.45) is 1.21. The van der Waals surface area contributed by atoms with Crippen LogP contribution in [-0.4, -0.2) is 48.3 Å². The monoisotopic (exact) mass is 458 g/mol. The second-order valence-electron chi connectivity index (χ2n) is 7.75. The van der Waals surface area contributed by atoms with Gasteiger partial charge in [0.05, 0.1) is 26.5 Å². The van der Waals surface area contributed by atoms with E-state index in [9.17, 15) is 13.6 Å². The summed E-state index contributed by atoms with van der Waals surface area (Å²) in [6, 6.07) is 8.47. The average Bonchev–Trinajstić information content (AvgIpc) is 3.29. The van der Waals surface area contributed by atoms with Gasteiger partial charge in [0.25, 0.3) is 0 Å². The van der Waals surface area contributed by atoms with Crippen LogP contribution in [0.1, 0.15) is 18.7 Å². The summed E-state index contributed by atoms with van der Waals surface area (Å²) >= 11 is 0. The standard InChI is InChI=1S/C23H24F2N4O4/c1-31-19-6-3-15(11-20(19)32-2)22-27-21(33-28-22)13-29-9-7-14(8-10-29)23(30)26-18-5-4-16(24)12-17(18)25/h3-6,11-12,14H,7-10,13H2,1-2H3,(H,26,30). The van der Waals surface area contributed by atoms with Gasteiger partial charge in [0.2, 0.25) is 17.6 Å². The Hall–Kier alpha value is -3.53. The molecular weight excluding hydrogens is 434 g/mol. The predicted octanol–water partition coefficient (Wildman–Crippen LogP) is 3.88. The van der Waals surface area contributed by atoms with Gasteiger partial charge in [0.15, 0.2) is 11.5 Å². The van der Waals surface area contributed by atoms with E-state index in [2.05, 4.69) is 20.4 Å². The highest BCUT2D eigenvalue weighted by Gasteiger charge is 2.26. The van der Waals surface area contributed by atoms with Crippen LogP contribution in [0, 0.1) is 17.6 Å². The lowest BCUT2D eigenvalue weighted by molar-refractivity contribution is -0.121. The van der Waals surface area contributed by atoms with E-state index in [-0.39, 0.29) is 17.5 Å². The van der Waals surface area contributed by atoms with Gasteiger partial charge in [-0.3, -0.25) is 9.69 Å². The molecule has 1 N–H and O–H groups in total. The zero-order valence-corrected chi connectivity index (χ0v) is 18.3. The second kappa shape index (κ2) is 9.95. The van der Waals surface area contributed by atoms with Gasteiger partial charge < -0.3 is 19.3 Å². The Kier molecular flexibility index (Phi) is 6.83. The molecule has 2 aromatic carbocycles. The van der Waals surface area contributed by atoms with Gasteiger partial charge in [-0.05, 0) is 56.3 Å². The smallest absolute Gasteiger partial charge is 0.241 e. The number of halogens is 2. The van der Waals surface area contributed by atoms with Gasteiger partial charge >= 0.3 is 0 Å². The third-order valence-electron chi connectivity index (χ3n) is 5.62. The quantitative estimate of drug-likeness (QED) is 0.575. The van der Waals surface area contributed by atoms with Crippen molar-refractivity contribution in [2.45, 2.75) is 19.4 Å². The number of carbonyl (C=O) groups is 1. The van der Waals surface area contributed by atoms with E-state index >= 15 is 0 Å². The molecule has 174 valence electrons. The van der Waals surface area contributed by atoms with Crippen molar-refractivity contribution < 1.29 is 27.6 Å². The average molecular weight is 458 g/mol. The lowest BCUT2D eigenvalue weighted by atomic mass is 9.96. The van der Waals surface area contributed by atoms with E-state index in [0.29, 0.717) is 55.7 Å². The first-order valence-electron chi connectivity index (χ1n) is 10.5. The molecule has 8 nitrogen and oxygen atoms in total. The minimum Gasteiger partial charge on any atom is -0.493 e. The summed E-state index contributed by atoms with van der Waals surface area (Å²) in [5.74, 6) is 0.0971. The number of methoxy groups -OCH3 is 2. The van der Waals surface area contributed by atoms with Gasteiger partial charge in [-0.25, -0.2) is 8.78 Å². The number of hydrogen-bond acceptors (Lipinski definition) is 7. The first kappa shape index (κ1) is 22.7. The summed E-state index contributed by atoms with van der Waals surface area (Å²) in [5, 5.41) is 6.60. The van der Waals surface area contributed by atoms with Gasteiger partial charge in [0, 0.05) is 17.5 Å². The van der Waals surface area contributed by atoms with E-state index < -0.39 is 11.6 Å². The minimum atomic E-state index is -0.789. The van der Waals surface area contributed by atoms with Crippen LogP contribution in [0.2, 0.25) is 0 Å². The molecule has 0 spiro atoms. The molecule has 0 radical (unpaired) electrons. The SMILES string of the molecule is COc1ccc(-c2noc(CN3CCC(C(=O)Nc4ccc(F)cc4F)CC3)n2)cc1OC. The van der Waals surface area contributed by atoms with Crippen LogP contribution >= 0.6 is 0 Å². The molecule has 0 unspecified atom stereocenters. The van der Waals surface area contributed by atoms with Crippen molar-refractivity contribution in [3.63, 3.8) is 0 Å². The number of nitrogens with zero attached hydrogens (tertiary/aromatic N) is 3. The van der Waals surface area contributed by atoms with E-state index in [0.717, 1.165) is 17.7 Å². The molecule has 1 aliphatic heterocycles. The summed E-state index contributed by atoms with van der Waals surface area (Å²) in [6.45, 7) is 1.76. The van der Waals surface area contributed by atoms with Crippen molar-refractivity contribution in [2.24, 2.45) is 5.92 Å². The van der Waals surface area contributed by atoms with Crippen molar-refractivity contribution in [3.8, 4) is 22.9 Å². The molecular formula is C23H24F2N4O4. The fraction of sp³-hybridized carbons (Fsp3) is 0.348. The van der Waals surface area contributed by atoms with Gasteiger partial charge in [-0.1, -0.05) is 5.16 Å². The Morgan fingerprint density at radius 2 is 1.88 bits per heavy atom. The number of likely N-dealkylation sites (tertiary alicyclic amines) is 1. The minimum absolute atomic E-state index is 0.0163. The molecule has 0 bridgehead atoms. The van der Waals surface area contributed by atoms with Crippen molar-refractivity contribution in [2.75, 3.05) is 32.6 Å². The Balaban J connectivity index is 1.31. The molecule has 10 heteroatoms. The van der Waals surface area contributed by atoms with Crippen LogP contribution < -0.4 is 14.8 Å². The molecule has 1 aliphatic rings. The molecule has 1 aromatic heterocycles. The Labute approximate surface area is 189 Å². The largest absolute Gasteiger partial charge is 0.493 e. The van der Waals surface area contributed by atoms with Crippen molar-refractivity contribution in [3.05, 3.63) is 53.9 Å². The first-order chi connectivity index (χ1) is 16.0. The summed E-state index contributed by atoms with van der Waals surface area (Å²) in [5.41, 5.74) is 0.725. The third-order valence-corrected chi connectivity index (χ3v) is 5.62. The fourth-order valence-corrected chi connectivity index (χ4v) is 3.78. The highest BCUT2D eigenvalue weighted by molar-refractivity contribution is 5.92. The van der Waals surface area contributed by atoms with Crippen LogP contribution in [0.5, 0.6) is 11.5 Å². The lowest BCUT2D eigenvalue weighted by Crippen LogP contribution is -2.37. The number of rotatable bonds is 7. The maximum Gasteiger partial charge on any atom is 0.241 e. The lowest BCUT2D eigenvalue weighted by Gasteiger charge is -2.30. The van der Waals surface area contributed by atoms with Gasteiger partial charge in [-0.2, -0.15) is 4.98 Å².